The second-order valence-corrected chi connectivity index (χ2v) is 11.9. The van der Waals surface area contributed by atoms with Crippen molar-refractivity contribution in [1.82, 2.24) is 0 Å². The minimum atomic E-state index is -0.803. The van der Waals surface area contributed by atoms with Crippen molar-refractivity contribution < 1.29 is 24.2 Å². The summed E-state index contributed by atoms with van der Waals surface area (Å²) >= 11 is 0. The molecule has 0 bridgehead atoms. The lowest BCUT2D eigenvalue weighted by molar-refractivity contribution is -0.161. The standard InChI is InChI=1S/C41H68O5/c1-3-5-7-9-11-13-15-17-19-20-22-23-25-27-29-31-33-35-40(43)45-38-39(37-42)46-41(44)36-34-32-30-28-26-24-21-18-16-14-12-10-8-6-4-2/h11-14,17-19,21-23,27,29,39,42H,3-10,15-16,20,24-26,28,30-38H2,1-2H3. The van der Waals surface area contributed by atoms with Crippen LogP contribution in [0.3, 0.4) is 0 Å². The molecule has 0 aromatic carbocycles. The van der Waals surface area contributed by atoms with Gasteiger partial charge in [-0.05, 0) is 83.5 Å². The van der Waals surface area contributed by atoms with E-state index in [1.165, 1.54) is 57.8 Å². The van der Waals surface area contributed by atoms with E-state index in [0.717, 1.165) is 64.2 Å². The smallest absolute Gasteiger partial charge is 0.306 e. The Balaban J connectivity index is 3.73. The van der Waals surface area contributed by atoms with Crippen LogP contribution in [0.2, 0.25) is 0 Å². The highest BCUT2D eigenvalue weighted by Gasteiger charge is 2.15. The molecule has 0 amide bonds. The highest BCUT2D eigenvalue weighted by Crippen LogP contribution is 2.10. The molecule has 0 heterocycles. The van der Waals surface area contributed by atoms with Gasteiger partial charge in [-0.25, -0.2) is 0 Å². The molecule has 0 aliphatic heterocycles. The monoisotopic (exact) mass is 641 g/mol. The maximum Gasteiger partial charge on any atom is 0.306 e. The van der Waals surface area contributed by atoms with Crippen LogP contribution >= 0.6 is 0 Å². The predicted octanol–water partition coefficient (Wildman–Crippen LogP) is 11.4. The number of carbonyl (C=O) groups is 2. The van der Waals surface area contributed by atoms with Crippen LogP contribution in [0, 0.1) is 0 Å². The van der Waals surface area contributed by atoms with Crippen LogP contribution in [-0.4, -0.2) is 36.4 Å². The summed E-state index contributed by atoms with van der Waals surface area (Å²) in [5.41, 5.74) is 0. The highest BCUT2D eigenvalue weighted by molar-refractivity contribution is 5.70. The first-order valence-electron chi connectivity index (χ1n) is 18.5. The van der Waals surface area contributed by atoms with E-state index < -0.39 is 6.10 Å². The van der Waals surface area contributed by atoms with Crippen molar-refractivity contribution in [2.75, 3.05) is 13.2 Å². The minimum absolute atomic E-state index is 0.104. The van der Waals surface area contributed by atoms with Crippen molar-refractivity contribution in [3.63, 3.8) is 0 Å². The quantitative estimate of drug-likeness (QED) is 0.0450. The van der Waals surface area contributed by atoms with E-state index in [9.17, 15) is 14.7 Å². The Hall–Kier alpha value is -2.66. The van der Waals surface area contributed by atoms with Gasteiger partial charge in [-0.2, -0.15) is 0 Å². The maximum absolute atomic E-state index is 12.1. The van der Waals surface area contributed by atoms with Crippen LogP contribution in [0.5, 0.6) is 0 Å². The third kappa shape index (κ3) is 34.2. The Bertz CT molecular complexity index is 864. The molecule has 0 saturated carbocycles. The van der Waals surface area contributed by atoms with Gasteiger partial charge in [0.2, 0.25) is 0 Å². The van der Waals surface area contributed by atoms with Gasteiger partial charge in [-0.1, -0.05) is 132 Å². The molecule has 0 radical (unpaired) electrons. The van der Waals surface area contributed by atoms with Crippen LogP contribution in [0.1, 0.15) is 155 Å². The van der Waals surface area contributed by atoms with Gasteiger partial charge >= 0.3 is 11.9 Å². The topological polar surface area (TPSA) is 72.8 Å². The van der Waals surface area contributed by atoms with Gasteiger partial charge in [0.05, 0.1) is 6.61 Å². The fourth-order valence-electron chi connectivity index (χ4n) is 4.63. The molecule has 5 nitrogen and oxygen atoms in total. The number of hydrogen-bond donors (Lipinski definition) is 1. The Morgan fingerprint density at radius 1 is 0.500 bits per heavy atom. The summed E-state index contributed by atoms with van der Waals surface area (Å²) < 4.78 is 10.5. The highest BCUT2D eigenvalue weighted by atomic mass is 16.6. The van der Waals surface area contributed by atoms with Crippen molar-refractivity contribution in [2.45, 2.75) is 161 Å². The third-order valence-electron chi connectivity index (χ3n) is 7.47. The number of rotatable bonds is 32. The van der Waals surface area contributed by atoms with E-state index in [4.69, 9.17) is 9.47 Å². The summed E-state index contributed by atoms with van der Waals surface area (Å²) in [5, 5.41) is 9.53. The lowest BCUT2D eigenvalue weighted by Gasteiger charge is -2.15. The van der Waals surface area contributed by atoms with E-state index in [0.29, 0.717) is 19.3 Å². The number of allylic oxidation sites excluding steroid dienone is 12. The Morgan fingerprint density at radius 2 is 0.891 bits per heavy atom. The molecular formula is C41H68O5. The average Bonchev–Trinajstić information content (AvgIpc) is 3.06. The number of ether oxygens (including phenoxy) is 2. The molecule has 0 aliphatic carbocycles. The summed E-state index contributed by atoms with van der Waals surface area (Å²) in [6.45, 7) is 4.00. The summed E-state index contributed by atoms with van der Waals surface area (Å²) in [4.78, 5) is 24.2. The van der Waals surface area contributed by atoms with Crippen molar-refractivity contribution in [1.29, 1.82) is 0 Å². The minimum Gasteiger partial charge on any atom is -0.462 e. The maximum atomic E-state index is 12.1. The molecule has 0 aromatic heterocycles. The Kier molecular flexibility index (Phi) is 34.7. The second kappa shape index (κ2) is 36.8. The lowest BCUT2D eigenvalue weighted by atomic mass is 10.1. The Morgan fingerprint density at radius 3 is 1.37 bits per heavy atom. The molecule has 1 N–H and O–H groups in total. The number of unbranched alkanes of at least 4 members (excludes halogenated alkanes) is 12. The number of carbonyl (C=O) groups excluding carboxylic acids is 2. The summed E-state index contributed by atoms with van der Waals surface area (Å²) in [5.74, 6) is -0.680. The van der Waals surface area contributed by atoms with Gasteiger partial charge < -0.3 is 14.6 Å². The molecule has 46 heavy (non-hydrogen) atoms. The van der Waals surface area contributed by atoms with E-state index in [1.807, 2.05) is 0 Å². The first-order valence-corrected chi connectivity index (χ1v) is 18.5. The molecule has 0 aromatic rings. The normalized spacial score (nSPS) is 13.0. The fraction of sp³-hybridized carbons (Fsp3) is 0.659. The molecule has 262 valence electrons. The van der Waals surface area contributed by atoms with Crippen LogP contribution in [0.4, 0.5) is 0 Å². The second-order valence-electron chi connectivity index (χ2n) is 11.9. The number of esters is 2. The van der Waals surface area contributed by atoms with Crippen LogP contribution in [0.25, 0.3) is 0 Å². The largest absolute Gasteiger partial charge is 0.462 e. The van der Waals surface area contributed by atoms with Crippen molar-refractivity contribution in [2.24, 2.45) is 0 Å². The van der Waals surface area contributed by atoms with Crippen molar-refractivity contribution >= 4 is 11.9 Å². The summed E-state index contributed by atoms with van der Waals surface area (Å²) in [6.07, 6.45) is 48.1. The number of aliphatic hydroxyl groups is 1. The zero-order valence-electron chi connectivity index (χ0n) is 29.6. The molecule has 0 saturated heterocycles. The van der Waals surface area contributed by atoms with Gasteiger partial charge in [0.15, 0.2) is 6.10 Å². The van der Waals surface area contributed by atoms with Gasteiger partial charge in [0, 0.05) is 12.8 Å². The van der Waals surface area contributed by atoms with Crippen molar-refractivity contribution in [3.8, 4) is 0 Å². The van der Waals surface area contributed by atoms with Gasteiger partial charge in [0.25, 0.3) is 0 Å². The molecule has 1 unspecified atom stereocenters. The molecule has 0 rings (SSSR count). The lowest BCUT2D eigenvalue weighted by Crippen LogP contribution is -2.28. The Labute approximate surface area is 283 Å². The van der Waals surface area contributed by atoms with Crippen LogP contribution in [-0.2, 0) is 19.1 Å². The molecule has 1 atom stereocenters. The number of aliphatic hydroxyl groups excluding tert-OH is 1. The summed E-state index contributed by atoms with van der Waals surface area (Å²) in [7, 11) is 0. The molecule has 0 spiro atoms. The van der Waals surface area contributed by atoms with E-state index in [2.05, 4.69) is 86.8 Å². The zero-order chi connectivity index (χ0) is 33.6. The predicted molar refractivity (Wildman–Crippen MR) is 196 cm³/mol. The summed E-state index contributed by atoms with van der Waals surface area (Å²) in [6, 6.07) is 0. The zero-order valence-corrected chi connectivity index (χ0v) is 29.6. The van der Waals surface area contributed by atoms with Crippen molar-refractivity contribution in [3.05, 3.63) is 72.9 Å². The van der Waals surface area contributed by atoms with Gasteiger partial charge in [-0.3, -0.25) is 9.59 Å². The molecule has 5 heteroatoms. The average molecular weight is 641 g/mol. The molecule has 0 fully saturated rings. The third-order valence-corrected chi connectivity index (χ3v) is 7.47. The molecule has 0 aliphatic rings. The first kappa shape index (κ1) is 43.3. The van der Waals surface area contributed by atoms with E-state index in [1.54, 1.807) is 0 Å². The fourth-order valence-corrected chi connectivity index (χ4v) is 4.63. The van der Waals surface area contributed by atoms with Crippen LogP contribution in [0.15, 0.2) is 72.9 Å². The number of hydrogen-bond acceptors (Lipinski definition) is 5. The van der Waals surface area contributed by atoms with E-state index >= 15 is 0 Å². The van der Waals surface area contributed by atoms with E-state index in [-0.39, 0.29) is 25.2 Å². The first-order chi connectivity index (χ1) is 22.6. The van der Waals surface area contributed by atoms with Gasteiger partial charge in [-0.15, -0.1) is 0 Å². The van der Waals surface area contributed by atoms with Gasteiger partial charge in [0.1, 0.15) is 6.61 Å². The SMILES string of the molecule is CCCCCC=CCC=CCC=CCC=CCCCC(=O)OCC(CO)OC(=O)CCCCCCCC=CCC=CCCCCC. The molecular weight excluding hydrogens is 572 g/mol. The van der Waals surface area contributed by atoms with Crippen LogP contribution < -0.4 is 0 Å².